The molecule has 0 saturated carbocycles. The van der Waals surface area contributed by atoms with Crippen LogP contribution >= 0.6 is 15.6 Å². The van der Waals surface area contributed by atoms with Gasteiger partial charge in [-0.2, -0.15) is 0 Å². The number of phosphoric acid groups is 2. The Hall–Kier alpha value is -1.94. The van der Waals surface area contributed by atoms with Gasteiger partial charge in [-0.25, -0.2) is 9.13 Å². The molecule has 0 aromatic heterocycles. The van der Waals surface area contributed by atoms with Crippen LogP contribution in [-0.4, -0.2) is 96.7 Å². The van der Waals surface area contributed by atoms with Gasteiger partial charge in [0.25, 0.3) is 0 Å². The van der Waals surface area contributed by atoms with E-state index in [0.717, 1.165) is 102 Å². The van der Waals surface area contributed by atoms with Crippen LogP contribution in [0.4, 0.5) is 0 Å². The van der Waals surface area contributed by atoms with Crippen molar-refractivity contribution in [2.45, 2.75) is 432 Å². The SMILES string of the molecule is CCCCCCCCCCCCCCCCCCCCCCCC(=O)O[C@H](COC(=O)CCCCCCCCCCCCC(C)CC)COP(=O)(O)OC[C@@H](O)COP(=O)(O)OC[C@@H](COC(=O)CCCCCCCCCC)OC(=O)CCCCCCCCCCCCCCCC. The molecule has 19 heteroatoms. The zero-order valence-corrected chi connectivity index (χ0v) is 65.0. The molecule has 3 N–H and O–H groups in total. The van der Waals surface area contributed by atoms with Gasteiger partial charge in [0.1, 0.15) is 19.3 Å². The first kappa shape index (κ1) is 95.1. The summed E-state index contributed by atoms with van der Waals surface area (Å²) in [6.07, 6.45) is 61.1. The number of ether oxygens (including phenoxy) is 4. The van der Waals surface area contributed by atoms with Crippen LogP contribution in [-0.2, 0) is 65.4 Å². The second-order valence-electron chi connectivity index (χ2n) is 28.3. The molecule has 97 heavy (non-hydrogen) atoms. The summed E-state index contributed by atoms with van der Waals surface area (Å²) < 4.78 is 68.5. The lowest BCUT2D eigenvalue weighted by molar-refractivity contribution is -0.161. The van der Waals surface area contributed by atoms with Gasteiger partial charge in [0.2, 0.25) is 0 Å². The van der Waals surface area contributed by atoms with Crippen molar-refractivity contribution in [2.24, 2.45) is 5.92 Å². The van der Waals surface area contributed by atoms with E-state index in [1.54, 1.807) is 0 Å². The molecule has 0 radical (unpaired) electrons. The van der Waals surface area contributed by atoms with Crippen molar-refractivity contribution < 1.29 is 80.2 Å². The van der Waals surface area contributed by atoms with Crippen LogP contribution in [0.1, 0.15) is 413 Å². The smallest absolute Gasteiger partial charge is 0.462 e. The number of carbonyl (C=O) groups is 4. The topological polar surface area (TPSA) is 237 Å². The number of hydrogen-bond donors (Lipinski definition) is 3. The van der Waals surface area contributed by atoms with E-state index in [9.17, 15) is 43.2 Å². The number of aliphatic hydroxyl groups is 1. The van der Waals surface area contributed by atoms with Crippen LogP contribution in [0.25, 0.3) is 0 Å². The van der Waals surface area contributed by atoms with E-state index in [1.165, 1.54) is 231 Å². The fourth-order valence-corrected chi connectivity index (χ4v) is 13.6. The largest absolute Gasteiger partial charge is 0.472 e. The first-order valence-corrected chi connectivity index (χ1v) is 43.7. The van der Waals surface area contributed by atoms with Crippen molar-refractivity contribution in [1.29, 1.82) is 0 Å². The van der Waals surface area contributed by atoms with Crippen molar-refractivity contribution in [2.75, 3.05) is 39.6 Å². The maximum atomic E-state index is 13.1. The average Bonchev–Trinajstić information content (AvgIpc) is 1.62. The Balaban J connectivity index is 5.18. The molecule has 0 rings (SSSR count). The van der Waals surface area contributed by atoms with Crippen molar-refractivity contribution in [3.05, 3.63) is 0 Å². The molecule has 0 aromatic carbocycles. The van der Waals surface area contributed by atoms with Crippen molar-refractivity contribution >= 4 is 39.5 Å². The second-order valence-corrected chi connectivity index (χ2v) is 31.3. The summed E-state index contributed by atoms with van der Waals surface area (Å²) in [5, 5.41) is 10.6. The number of carbonyl (C=O) groups excluding carboxylic acids is 4. The highest BCUT2D eigenvalue weighted by Crippen LogP contribution is 2.45. The molecule has 0 spiro atoms. The number of unbranched alkanes of at least 4 members (excludes halogenated alkanes) is 49. The predicted octanol–water partition coefficient (Wildman–Crippen LogP) is 23.3. The maximum absolute atomic E-state index is 13.1. The summed E-state index contributed by atoms with van der Waals surface area (Å²) in [6.45, 7) is 7.31. The van der Waals surface area contributed by atoms with Crippen molar-refractivity contribution in [1.82, 2.24) is 0 Å². The zero-order valence-electron chi connectivity index (χ0n) is 63.2. The van der Waals surface area contributed by atoms with Gasteiger partial charge in [-0.3, -0.25) is 37.3 Å². The molecule has 0 aliphatic heterocycles. The number of aliphatic hydroxyl groups excluding tert-OH is 1. The van der Waals surface area contributed by atoms with Gasteiger partial charge in [-0.1, -0.05) is 362 Å². The van der Waals surface area contributed by atoms with Crippen molar-refractivity contribution in [3.8, 4) is 0 Å². The fourth-order valence-electron chi connectivity index (χ4n) is 12.0. The van der Waals surface area contributed by atoms with Crippen LogP contribution in [0.5, 0.6) is 0 Å². The van der Waals surface area contributed by atoms with Gasteiger partial charge in [-0.05, 0) is 31.6 Å². The number of esters is 4. The van der Waals surface area contributed by atoms with Crippen LogP contribution in [0, 0.1) is 5.92 Å². The van der Waals surface area contributed by atoms with Gasteiger partial charge in [0, 0.05) is 25.7 Å². The minimum Gasteiger partial charge on any atom is -0.462 e. The molecule has 0 amide bonds. The Kier molecular flexibility index (Phi) is 69.6. The van der Waals surface area contributed by atoms with Gasteiger partial charge >= 0.3 is 39.5 Å². The number of phosphoric ester groups is 2. The second kappa shape index (κ2) is 71.1. The van der Waals surface area contributed by atoms with E-state index in [4.69, 9.17) is 37.0 Å². The highest BCUT2D eigenvalue weighted by molar-refractivity contribution is 7.47. The molecule has 0 bridgehead atoms. The standard InChI is InChI=1S/C78H152O17P2/c1-6-10-13-16-19-22-24-26-28-29-30-31-32-33-34-36-38-44-49-54-59-64-78(83)95-74(68-89-76(81)62-57-52-47-42-40-39-41-45-50-55-60-71(5)9-4)70-93-97(86,87)91-66-72(79)65-90-96(84,85)92-69-73(67-88-75(80)61-56-51-46-21-18-15-12-8-3)94-77(82)63-58-53-48-43-37-35-27-25-23-20-17-14-11-7-2/h71-74,79H,6-70H2,1-5H3,(H,84,85)(H,86,87)/t71?,72-,73+,74+/m0/s1. The Bertz CT molecular complexity index is 1860. The first-order chi connectivity index (χ1) is 47.1. The van der Waals surface area contributed by atoms with Crippen molar-refractivity contribution in [3.63, 3.8) is 0 Å². The Morgan fingerprint density at radius 2 is 0.495 bits per heavy atom. The van der Waals surface area contributed by atoms with Crippen LogP contribution in [0.15, 0.2) is 0 Å². The number of rotatable bonds is 78. The van der Waals surface area contributed by atoms with Gasteiger partial charge in [0.15, 0.2) is 12.2 Å². The molecular weight excluding hydrogens is 1270 g/mol. The Morgan fingerprint density at radius 3 is 0.732 bits per heavy atom. The van der Waals surface area contributed by atoms with Gasteiger partial charge < -0.3 is 33.8 Å². The fraction of sp³-hybridized carbons (Fsp3) is 0.949. The molecule has 0 aliphatic carbocycles. The van der Waals surface area contributed by atoms with E-state index in [1.807, 2.05) is 0 Å². The summed E-state index contributed by atoms with van der Waals surface area (Å²) >= 11 is 0. The molecule has 0 aromatic rings. The first-order valence-electron chi connectivity index (χ1n) is 40.7. The summed E-state index contributed by atoms with van der Waals surface area (Å²) in [6, 6.07) is 0. The molecular formula is C78H152O17P2. The quantitative estimate of drug-likeness (QED) is 0.0222. The molecule has 0 aliphatic rings. The van der Waals surface area contributed by atoms with E-state index < -0.39 is 97.5 Å². The third-order valence-corrected chi connectivity index (χ3v) is 20.5. The lowest BCUT2D eigenvalue weighted by Gasteiger charge is -2.21. The molecule has 576 valence electrons. The van der Waals surface area contributed by atoms with E-state index in [-0.39, 0.29) is 25.7 Å². The molecule has 0 fully saturated rings. The normalized spacial score (nSPS) is 14.2. The lowest BCUT2D eigenvalue weighted by Crippen LogP contribution is -2.30. The van der Waals surface area contributed by atoms with E-state index >= 15 is 0 Å². The highest BCUT2D eigenvalue weighted by atomic mass is 31.2. The Labute approximate surface area is 594 Å². The summed E-state index contributed by atoms with van der Waals surface area (Å²) in [4.78, 5) is 72.8. The van der Waals surface area contributed by atoms with E-state index in [2.05, 4.69) is 34.6 Å². The lowest BCUT2D eigenvalue weighted by atomic mass is 9.99. The summed E-state index contributed by atoms with van der Waals surface area (Å²) in [5.74, 6) is -1.30. The minimum absolute atomic E-state index is 0.108. The highest BCUT2D eigenvalue weighted by Gasteiger charge is 2.30. The molecule has 3 unspecified atom stereocenters. The van der Waals surface area contributed by atoms with Gasteiger partial charge in [-0.15, -0.1) is 0 Å². The average molecular weight is 1420 g/mol. The van der Waals surface area contributed by atoms with Gasteiger partial charge in [0.05, 0.1) is 26.4 Å². The van der Waals surface area contributed by atoms with Crippen LogP contribution < -0.4 is 0 Å². The number of hydrogen-bond acceptors (Lipinski definition) is 15. The molecule has 0 heterocycles. The maximum Gasteiger partial charge on any atom is 0.472 e. The third-order valence-electron chi connectivity index (χ3n) is 18.6. The molecule has 0 saturated heterocycles. The van der Waals surface area contributed by atoms with Crippen LogP contribution in [0.2, 0.25) is 0 Å². The predicted molar refractivity (Wildman–Crippen MR) is 395 cm³/mol. The minimum atomic E-state index is -4.96. The zero-order chi connectivity index (χ0) is 71.2. The third kappa shape index (κ3) is 70.9. The Morgan fingerprint density at radius 1 is 0.289 bits per heavy atom. The monoisotopic (exact) mass is 1420 g/mol. The van der Waals surface area contributed by atoms with E-state index in [0.29, 0.717) is 25.7 Å². The molecule has 6 atom stereocenters. The van der Waals surface area contributed by atoms with Crippen LogP contribution in [0.3, 0.4) is 0 Å². The summed E-state index contributed by atoms with van der Waals surface area (Å²) in [5.41, 5.74) is 0. The molecule has 17 nitrogen and oxygen atoms in total. The summed E-state index contributed by atoms with van der Waals surface area (Å²) in [7, 11) is -9.91.